The molecule has 0 spiro atoms. The third kappa shape index (κ3) is 4.43. The lowest BCUT2D eigenvalue weighted by Gasteiger charge is -2.19. The summed E-state index contributed by atoms with van der Waals surface area (Å²) in [5.74, 6) is 0.909. The van der Waals surface area contributed by atoms with Crippen LogP contribution in [-0.2, 0) is 4.79 Å². The molecule has 1 heterocycles. The second-order valence-corrected chi connectivity index (χ2v) is 6.80. The van der Waals surface area contributed by atoms with E-state index in [0.717, 1.165) is 0 Å². The van der Waals surface area contributed by atoms with E-state index in [-0.39, 0.29) is 24.6 Å². The van der Waals surface area contributed by atoms with Gasteiger partial charge in [-0.1, -0.05) is 6.07 Å². The van der Waals surface area contributed by atoms with Crippen LogP contribution in [-0.4, -0.2) is 43.7 Å². The maximum Gasteiger partial charge on any atom is 0.319 e. The monoisotopic (exact) mass is 414 g/mol. The maximum absolute atomic E-state index is 12.5. The zero-order valence-corrected chi connectivity index (χ0v) is 16.8. The summed E-state index contributed by atoms with van der Waals surface area (Å²) in [5.41, 5.74) is 1.54. The van der Waals surface area contributed by atoms with Gasteiger partial charge < -0.3 is 25.0 Å². The van der Waals surface area contributed by atoms with Gasteiger partial charge in [0.15, 0.2) is 11.5 Å². The number of carbonyl (C=O) groups excluding carboxylic acids is 2. The number of hydrogen-bond donors (Lipinski definition) is 2. The number of methoxy groups -OCH3 is 2. The Morgan fingerprint density at radius 3 is 2.57 bits per heavy atom. The van der Waals surface area contributed by atoms with Crippen LogP contribution < -0.4 is 25.0 Å². The molecule has 0 aromatic heterocycles. The number of non-ortho nitro benzene ring substituents is 1. The van der Waals surface area contributed by atoms with Crippen LogP contribution in [0.25, 0.3) is 0 Å². The number of amides is 3. The summed E-state index contributed by atoms with van der Waals surface area (Å²) < 4.78 is 10.5. The standard InChI is InChI=1S/C20H22N4O6/c1-12-4-5-15(24(27)28)9-16(12)22-20(26)21-13-8-19(25)23(11-13)14-6-7-17(29-2)18(10-14)30-3/h4-7,9-10,13H,8,11H2,1-3H3,(H2,21,22,26). The maximum atomic E-state index is 12.5. The van der Waals surface area contributed by atoms with Crippen LogP contribution in [0, 0.1) is 17.0 Å². The second-order valence-electron chi connectivity index (χ2n) is 6.80. The lowest BCUT2D eigenvalue weighted by Crippen LogP contribution is -2.39. The average molecular weight is 414 g/mol. The fraction of sp³-hybridized carbons (Fsp3) is 0.300. The number of aryl methyl sites for hydroxylation is 1. The van der Waals surface area contributed by atoms with Crippen molar-refractivity contribution < 1.29 is 24.0 Å². The van der Waals surface area contributed by atoms with Crippen molar-refractivity contribution in [2.75, 3.05) is 31.0 Å². The highest BCUT2D eigenvalue weighted by Gasteiger charge is 2.32. The Hall–Kier alpha value is -3.82. The SMILES string of the molecule is COc1ccc(N2CC(NC(=O)Nc3cc([N+](=O)[O-])ccc3C)CC2=O)cc1OC. The van der Waals surface area contributed by atoms with Crippen molar-refractivity contribution in [3.8, 4) is 11.5 Å². The molecule has 30 heavy (non-hydrogen) atoms. The minimum Gasteiger partial charge on any atom is -0.493 e. The molecule has 0 saturated carbocycles. The highest BCUT2D eigenvalue weighted by molar-refractivity contribution is 5.98. The van der Waals surface area contributed by atoms with Crippen molar-refractivity contribution in [3.05, 3.63) is 52.1 Å². The van der Waals surface area contributed by atoms with Gasteiger partial charge in [0.2, 0.25) is 5.91 Å². The number of rotatable bonds is 6. The summed E-state index contributed by atoms with van der Waals surface area (Å²) in [7, 11) is 3.04. The number of nitro groups is 1. The first-order valence-corrected chi connectivity index (χ1v) is 9.17. The van der Waals surface area contributed by atoms with Crippen molar-refractivity contribution in [2.24, 2.45) is 0 Å². The van der Waals surface area contributed by atoms with E-state index in [1.54, 1.807) is 36.1 Å². The van der Waals surface area contributed by atoms with Gasteiger partial charge >= 0.3 is 6.03 Å². The molecular formula is C20H22N4O6. The van der Waals surface area contributed by atoms with E-state index in [1.165, 1.54) is 26.4 Å². The van der Waals surface area contributed by atoms with Crippen molar-refractivity contribution in [2.45, 2.75) is 19.4 Å². The molecule has 158 valence electrons. The summed E-state index contributed by atoms with van der Waals surface area (Å²) >= 11 is 0. The number of benzene rings is 2. The Bertz CT molecular complexity index is 993. The molecule has 1 fully saturated rings. The van der Waals surface area contributed by atoms with Crippen molar-refractivity contribution >= 4 is 29.0 Å². The van der Waals surface area contributed by atoms with Gasteiger partial charge in [-0.05, 0) is 24.6 Å². The number of urea groups is 1. The molecule has 1 aliphatic heterocycles. The summed E-state index contributed by atoms with van der Waals surface area (Å²) in [6.45, 7) is 2.02. The first-order valence-electron chi connectivity index (χ1n) is 9.17. The van der Waals surface area contributed by atoms with E-state index in [1.807, 2.05) is 0 Å². The second kappa shape index (κ2) is 8.68. The molecule has 1 unspecified atom stereocenters. The van der Waals surface area contributed by atoms with Crippen LogP contribution in [0.4, 0.5) is 21.9 Å². The molecule has 1 saturated heterocycles. The van der Waals surface area contributed by atoms with Crippen LogP contribution in [0.15, 0.2) is 36.4 Å². The third-order valence-electron chi connectivity index (χ3n) is 4.82. The third-order valence-corrected chi connectivity index (χ3v) is 4.82. The molecule has 3 rings (SSSR count). The fourth-order valence-electron chi connectivity index (χ4n) is 3.25. The lowest BCUT2D eigenvalue weighted by molar-refractivity contribution is -0.384. The largest absolute Gasteiger partial charge is 0.493 e. The van der Waals surface area contributed by atoms with Gasteiger partial charge in [0.1, 0.15) is 0 Å². The minimum atomic E-state index is -0.537. The molecule has 3 amide bonds. The minimum absolute atomic E-state index is 0.119. The van der Waals surface area contributed by atoms with E-state index < -0.39 is 17.0 Å². The number of nitrogens with one attached hydrogen (secondary N) is 2. The Labute approximate surface area is 172 Å². The highest BCUT2D eigenvalue weighted by Crippen LogP contribution is 2.33. The lowest BCUT2D eigenvalue weighted by atomic mass is 10.2. The number of nitro benzene ring substituents is 1. The van der Waals surface area contributed by atoms with Gasteiger partial charge in [0, 0.05) is 36.9 Å². The smallest absolute Gasteiger partial charge is 0.319 e. The van der Waals surface area contributed by atoms with Crippen molar-refractivity contribution in [1.29, 1.82) is 0 Å². The molecule has 0 radical (unpaired) electrons. The van der Waals surface area contributed by atoms with Gasteiger partial charge in [-0.25, -0.2) is 4.79 Å². The van der Waals surface area contributed by atoms with Crippen LogP contribution in [0.1, 0.15) is 12.0 Å². The van der Waals surface area contributed by atoms with Gasteiger partial charge in [0.05, 0.1) is 30.9 Å². The van der Waals surface area contributed by atoms with Crippen molar-refractivity contribution in [3.63, 3.8) is 0 Å². The summed E-state index contributed by atoms with van der Waals surface area (Å²) in [6.07, 6.45) is 0.135. The van der Waals surface area contributed by atoms with E-state index in [0.29, 0.717) is 28.4 Å². The van der Waals surface area contributed by atoms with Crippen LogP contribution >= 0.6 is 0 Å². The summed E-state index contributed by atoms with van der Waals surface area (Å²) in [5, 5.41) is 16.3. The number of nitrogens with zero attached hydrogens (tertiary/aromatic N) is 2. The Kier molecular flexibility index (Phi) is 6.05. The molecule has 10 nitrogen and oxygen atoms in total. The zero-order valence-electron chi connectivity index (χ0n) is 16.8. The van der Waals surface area contributed by atoms with E-state index in [9.17, 15) is 19.7 Å². The quantitative estimate of drug-likeness (QED) is 0.553. The van der Waals surface area contributed by atoms with E-state index >= 15 is 0 Å². The molecule has 1 aliphatic rings. The van der Waals surface area contributed by atoms with E-state index in [4.69, 9.17) is 9.47 Å². The molecule has 0 bridgehead atoms. The number of ether oxygens (including phenoxy) is 2. The number of hydrogen-bond acceptors (Lipinski definition) is 6. The van der Waals surface area contributed by atoms with Gasteiger partial charge in [-0.15, -0.1) is 0 Å². The molecule has 1 atom stereocenters. The molecular weight excluding hydrogens is 392 g/mol. The average Bonchev–Trinajstić information content (AvgIpc) is 3.08. The number of anilines is 2. The fourth-order valence-corrected chi connectivity index (χ4v) is 3.25. The molecule has 2 aromatic rings. The van der Waals surface area contributed by atoms with E-state index in [2.05, 4.69) is 10.6 Å². The Balaban J connectivity index is 1.67. The van der Waals surface area contributed by atoms with Gasteiger partial charge in [0.25, 0.3) is 5.69 Å². The molecule has 2 aromatic carbocycles. The predicted molar refractivity (Wildman–Crippen MR) is 110 cm³/mol. The topological polar surface area (TPSA) is 123 Å². The summed E-state index contributed by atoms with van der Waals surface area (Å²) in [6, 6.07) is 8.43. The van der Waals surface area contributed by atoms with Crippen molar-refractivity contribution in [1.82, 2.24) is 5.32 Å². The van der Waals surface area contributed by atoms with Crippen LogP contribution in [0.3, 0.4) is 0 Å². The number of carbonyl (C=O) groups is 2. The highest BCUT2D eigenvalue weighted by atomic mass is 16.6. The molecule has 2 N–H and O–H groups in total. The van der Waals surface area contributed by atoms with Gasteiger partial charge in [-0.3, -0.25) is 14.9 Å². The predicted octanol–water partition coefficient (Wildman–Crippen LogP) is 2.85. The van der Waals surface area contributed by atoms with Crippen LogP contribution in [0.5, 0.6) is 11.5 Å². The Morgan fingerprint density at radius 1 is 1.17 bits per heavy atom. The Morgan fingerprint density at radius 2 is 1.90 bits per heavy atom. The molecule has 10 heteroatoms. The van der Waals surface area contributed by atoms with Crippen LogP contribution in [0.2, 0.25) is 0 Å². The van der Waals surface area contributed by atoms with Gasteiger partial charge in [-0.2, -0.15) is 0 Å². The summed E-state index contributed by atoms with van der Waals surface area (Å²) in [4.78, 5) is 36.8. The molecule has 0 aliphatic carbocycles. The first-order chi connectivity index (χ1) is 14.3. The normalized spacial score (nSPS) is 15.6. The first kappa shape index (κ1) is 20.9. The zero-order chi connectivity index (χ0) is 21.8.